The van der Waals surface area contributed by atoms with Gasteiger partial charge >= 0.3 is 0 Å². The van der Waals surface area contributed by atoms with E-state index in [0.29, 0.717) is 6.54 Å². The van der Waals surface area contributed by atoms with Crippen LogP contribution in [-0.4, -0.2) is 48.8 Å². The molecule has 0 spiro atoms. The second-order valence-corrected chi connectivity index (χ2v) is 6.40. The van der Waals surface area contributed by atoms with E-state index >= 15 is 0 Å². The van der Waals surface area contributed by atoms with Gasteiger partial charge in [0, 0.05) is 19.0 Å². The number of hydrogen-bond donors (Lipinski definition) is 0. The molecule has 0 radical (unpaired) electrons. The van der Waals surface area contributed by atoms with Gasteiger partial charge in [-0.2, -0.15) is 0 Å². The minimum atomic E-state index is -0.151. The summed E-state index contributed by atoms with van der Waals surface area (Å²) in [6, 6.07) is 0. The molecule has 112 valence electrons. The van der Waals surface area contributed by atoms with E-state index in [1.54, 1.807) is 0 Å². The number of allylic oxidation sites excluding steroid dienone is 1. The van der Waals surface area contributed by atoms with Crippen molar-refractivity contribution >= 4 is 11.8 Å². The highest BCUT2D eigenvalue weighted by Gasteiger charge is 2.52. The zero-order chi connectivity index (χ0) is 14.9. The largest absolute Gasteiger partial charge is 0.309 e. The Bertz CT molecular complexity index is 417. The fraction of sp³-hybridized carbons (Fsp3) is 0.750. The van der Waals surface area contributed by atoms with Crippen LogP contribution in [-0.2, 0) is 9.59 Å². The van der Waals surface area contributed by atoms with Gasteiger partial charge in [0.2, 0.25) is 11.8 Å². The summed E-state index contributed by atoms with van der Waals surface area (Å²) in [5.74, 6) is 0.136. The van der Waals surface area contributed by atoms with Crippen molar-refractivity contribution in [1.82, 2.24) is 9.80 Å². The van der Waals surface area contributed by atoms with Crippen molar-refractivity contribution in [2.75, 3.05) is 27.2 Å². The van der Waals surface area contributed by atoms with Gasteiger partial charge < -0.3 is 4.90 Å². The van der Waals surface area contributed by atoms with Gasteiger partial charge in [-0.3, -0.25) is 14.5 Å². The van der Waals surface area contributed by atoms with Crippen molar-refractivity contribution in [2.45, 2.75) is 26.7 Å². The second-order valence-electron chi connectivity index (χ2n) is 6.40. The smallest absolute Gasteiger partial charge is 0.233 e. The average Bonchev–Trinajstić information content (AvgIpc) is 2.64. The lowest BCUT2D eigenvalue weighted by atomic mass is 9.72. The summed E-state index contributed by atoms with van der Waals surface area (Å²) in [7, 11) is 4.02. The number of rotatable bonds is 5. The summed E-state index contributed by atoms with van der Waals surface area (Å²) < 4.78 is 0. The van der Waals surface area contributed by atoms with Crippen LogP contribution in [0.3, 0.4) is 0 Å². The number of carbonyl (C=O) groups excluding carboxylic acids is 2. The zero-order valence-corrected chi connectivity index (χ0v) is 13.0. The lowest BCUT2D eigenvalue weighted by Gasteiger charge is -2.31. The summed E-state index contributed by atoms with van der Waals surface area (Å²) >= 11 is 0. The van der Waals surface area contributed by atoms with E-state index < -0.39 is 0 Å². The van der Waals surface area contributed by atoms with Gasteiger partial charge in [-0.05, 0) is 26.4 Å². The molecule has 1 heterocycles. The first-order chi connectivity index (χ1) is 9.47. The average molecular weight is 278 g/mol. The molecule has 1 aliphatic carbocycles. The molecule has 0 bridgehead atoms. The van der Waals surface area contributed by atoms with Crippen LogP contribution < -0.4 is 0 Å². The predicted octanol–water partition coefficient (Wildman–Crippen LogP) is 1.77. The highest BCUT2D eigenvalue weighted by atomic mass is 16.2. The van der Waals surface area contributed by atoms with Crippen LogP contribution in [0.5, 0.6) is 0 Å². The summed E-state index contributed by atoms with van der Waals surface area (Å²) in [5, 5.41) is 0. The first kappa shape index (κ1) is 15.2. The Balaban J connectivity index is 2.23. The normalized spacial score (nSPS) is 33.1. The third-order valence-electron chi connectivity index (χ3n) is 4.49. The van der Waals surface area contributed by atoms with Gasteiger partial charge in [0.1, 0.15) is 0 Å². The number of likely N-dealkylation sites (tertiary alicyclic amines) is 1. The maximum absolute atomic E-state index is 12.6. The van der Waals surface area contributed by atoms with E-state index in [0.717, 1.165) is 19.4 Å². The van der Waals surface area contributed by atoms with Crippen LogP contribution in [0, 0.1) is 23.7 Å². The number of amides is 2. The van der Waals surface area contributed by atoms with E-state index in [-0.39, 0.29) is 35.5 Å². The van der Waals surface area contributed by atoms with Crippen LogP contribution in [0.2, 0.25) is 0 Å². The van der Waals surface area contributed by atoms with Crippen molar-refractivity contribution in [2.24, 2.45) is 23.7 Å². The Morgan fingerprint density at radius 2 is 1.80 bits per heavy atom. The maximum Gasteiger partial charge on any atom is 0.233 e. The number of carbonyl (C=O) groups is 2. The van der Waals surface area contributed by atoms with Crippen molar-refractivity contribution in [3.8, 4) is 0 Å². The Morgan fingerprint density at radius 3 is 2.40 bits per heavy atom. The lowest BCUT2D eigenvalue weighted by molar-refractivity contribution is -0.140. The van der Waals surface area contributed by atoms with Crippen molar-refractivity contribution in [1.29, 1.82) is 0 Å². The van der Waals surface area contributed by atoms with E-state index in [1.165, 1.54) is 4.90 Å². The molecule has 2 rings (SSSR count). The third-order valence-corrected chi connectivity index (χ3v) is 4.49. The van der Waals surface area contributed by atoms with Gasteiger partial charge in [-0.15, -0.1) is 0 Å². The number of hydrogen-bond acceptors (Lipinski definition) is 3. The van der Waals surface area contributed by atoms with Crippen molar-refractivity contribution in [3.63, 3.8) is 0 Å². The lowest BCUT2D eigenvalue weighted by Crippen LogP contribution is -2.37. The number of unbranched alkanes of at least 4 members (excludes halogenated alkanes) is 1. The number of nitrogens with zero attached hydrogens (tertiary/aromatic N) is 2. The van der Waals surface area contributed by atoms with Crippen molar-refractivity contribution in [3.05, 3.63) is 12.2 Å². The van der Waals surface area contributed by atoms with Crippen LogP contribution in [0.4, 0.5) is 0 Å². The highest BCUT2D eigenvalue weighted by Crippen LogP contribution is 2.41. The fourth-order valence-corrected chi connectivity index (χ4v) is 3.47. The molecule has 4 nitrogen and oxygen atoms in total. The first-order valence-electron chi connectivity index (χ1n) is 7.65. The molecule has 4 atom stereocenters. The molecule has 2 aliphatic rings. The van der Waals surface area contributed by atoms with Crippen LogP contribution in [0.15, 0.2) is 12.2 Å². The molecule has 1 fully saturated rings. The molecule has 20 heavy (non-hydrogen) atoms. The molecule has 2 amide bonds. The Morgan fingerprint density at radius 1 is 1.15 bits per heavy atom. The number of fused-ring (bicyclic) bond motifs is 1. The van der Waals surface area contributed by atoms with Gasteiger partial charge in [0.05, 0.1) is 11.8 Å². The molecular formula is C16H26N2O2. The minimum Gasteiger partial charge on any atom is -0.309 e. The SMILES string of the molecule is CCCCN1C(=O)C2C(C)C=CC(CN(C)C)C2C1=O. The third kappa shape index (κ3) is 2.66. The Hall–Kier alpha value is -1.16. The molecule has 4 heteroatoms. The summed E-state index contributed by atoms with van der Waals surface area (Å²) in [6.07, 6.45) is 6.16. The number of imide groups is 1. The molecule has 0 saturated carbocycles. The molecule has 1 aliphatic heterocycles. The molecule has 1 saturated heterocycles. The highest BCUT2D eigenvalue weighted by molar-refractivity contribution is 6.05. The van der Waals surface area contributed by atoms with Crippen LogP contribution in [0.1, 0.15) is 26.7 Å². The van der Waals surface area contributed by atoms with Crippen LogP contribution >= 0.6 is 0 Å². The zero-order valence-electron chi connectivity index (χ0n) is 13.0. The van der Waals surface area contributed by atoms with Gasteiger partial charge in [-0.25, -0.2) is 0 Å². The monoisotopic (exact) mass is 278 g/mol. The van der Waals surface area contributed by atoms with Gasteiger partial charge in [0.15, 0.2) is 0 Å². The fourth-order valence-electron chi connectivity index (χ4n) is 3.47. The first-order valence-corrected chi connectivity index (χ1v) is 7.65. The molecule has 0 aromatic heterocycles. The van der Waals surface area contributed by atoms with E-state index in [4.69, 9.17) is 0 Å². The predicted molar refractivity (Wildman–Crippen MR) is 79.0 cm³/mol. The quantitative estimate of drug-likeness (QED) is 0.568. The molecule has 4 unspecified atom stereocenters. The van der Waals surface area contributed by atoms with Gasteiger partial charge in [0.25, 0.3) is 0 Å². The van der Waals surface area contributed by atoms with Crippen LogP contribution in [0.25, 0.3) is 0 Å². The molecular weight excluding hydrogens is 252 g/mol. The maximum atomic E-state index is 12.6. The summed E-state index contributed by atoms with van der Waals surface area (Å²) in [5.41, 5.74) is 0. The topological polar surface area (TPSA) is 40.6 Å². The molecule has 0 N–H and O–H groups in total. The molecule has 0 aromatic rings. The van der Waals surface area contributed by atoms with E-state index in [1.807, 2.05) is 14.1 Å². The molecule has 0 aromatic carbocycles. The summed E-state index contributed by atoms with van der Waals surface area (Å²) in [4.78, 5) is 28.8. The summed E-state index contributed by atoms with van der Waals surface area (Å²) in [6.45, 7) is 5.54. The standard InChI is InChI=1S/C16H26N2O2/c1-5-6-9-18-15(19)13-11(2)7-8-12(10-17(3)4)14(13)16(18)20/h7-8,11-14H,5-6,9-10H2,1-4H3. The van der Waals surface area contributed by atoms with E-state index in [9.17, 15) is 9.59 Å². The van der Waals surface area contributed by atoms with Gasteiger partial charge in [-0.1, -0.05) is 32.4 Å². The Kier molecular flexibility index (Phi) is 4.63. The van der Waals surface area contributed by atoms with E-state index in [2.05, 4.69) is 30.9 Å². The second kappa shape index (κ2) is 6.08. The Labute approximate surface area is 121 Å². The van der Waals surface area contributed by atoms with Crippen molar-refractivity contribution < 1.29 is 9.59 Å². The minimum absolute atomic E-state index is 0.0501.